The summed E-state index contributed by atoms with van der Waals surface area (Å²) in [6.07, 6.45) is 1.76. The normalized spacial score (nSPS) is 10.7. The molecule has 0 aliphatic rings. The van der Waals surface area contributed by atoms with Gasteiger partial charge in [-0.3, -0.25) is 4.79 Å². The maximum absolute atomic E-state index is 12.0. The number of carbonyl (C=O) groups excluding carboxylic acids is 1. The summed E-state index contributed by atoms with van der Waals surface area (Å²) in [7, 11) is 0. The molecule has 0 bridgehead atoms. The number of hydrogen-bond donors (Lipinski definition) is 1. The van der Waals surface area contributed by atoms with Crippen molar-refractivity contribution in [2.24, 2.45) is 0 Å². The van der Waals surface area contributed by atoms with Crippen LogP contribution in [-0.4, -0.2) is 25.9 Å². The van der Waals surface area contributed by atoms with Gasteiger partial charge in [-0.15, -0.1) is 5.10 Å². The molecule has 0 aliphatic heterocycles. The summed E-state index contributed by atoms with van der Waals surface area (Å²) >= 11 is 0. The van der Waals surface area contributed by atoms with E-state index in [9.17, 15) is 4.79 Å². The number of aromatic nitrogens is 4. The zero-order chi connectivity index (χ0) is 16.2. The topological polar surface area (TPSA) is 85.8 Å². The van der Waals surface area contributed by atoms with Crippen LogP contribution in [0.5, 0.6) is 0 Å². The third kappa shape index (κ3) is 3.63. The van der Waals surface area contributed by atoms with Crippen LogP contribution in [-0.2, 0) is 13.1 Å². The fraction of sp³-hybridized carbons (Fsp3) is 0.250. The summed E-state index contributed by atoms with van der Waals surface area (Å²) in [6, 6.07) is 9.05. The number of nitrogens with one attached hydrogen (secondary N) is 1. The van der Waals surface area contributed by atoms with Crippen molar-refractivity contribution in [1.82, 2.24) is 25.3 Å². The first-order valence-electron chi connectivity index (χ1n) is 7.27. The van der Waals surface area contributed by atoms with E-state index in [-0.39, 0.29) is 5.91 Å². The van der Waals surface area contributed by atoms with Crippen molar-refractivity contribution in [3.05, 3.63) is 65.1 Å². The predicted octanol–water partition coefficient (Wildman–Crippen LogP) is 1.86. The van der Waals surface area contributed by atoms with Crippen LogP contribution in [0.2, 0.25) is 0 Å². The Kier molecular flexibility index (Phi) is 4.18. The highest BCUT2D eigenvalue weighted by Crippen LogP contribution is 2.09. The molecule has 0 saturated carbocycles. The van der Waals surface area contributed by atoms with Crippen molar-refractivity contribution in [2.45, 2.75) is 26.9 Å². The van der Waals surface area contributed by atoms with Crippen LogP contribution in [0.15, 0.2) is 40.9 Å². The minimum atomic E-state index is -0.140. The molecule has 7 nitrogen and oxygen atoms in total. The molecular weight excluding hydrogens is 294 g/mol. The number of aryl methyl sites for hydroxylation is 2. The lowest BCUT2D eigenvalue weighted by Gasteiger charge is -2.02. The number of oxazole rings is 1. The largest absolute Gasteiger partial charge is 0.444 e. The van der Waals surface area contributed by atoms with E-state index >= 15 is 0 Å². The van der Waals surface area contributed by atoms with Crippen LogP contribution in [0.1, 0.15) is 33.4 Å². The minimum Gasteiger partial charge on any atom is -0.444 e. The molecule has 2 heterocycles. The van der Waals surface area contributed by atoms with Gasteiger partial charge in [0.15, 0.2) is 0 Å². The van der Waals surface area contributed by atoms with E-state index in [1.165, 1.54) is 0 Å². The first kappa shape index (κ1) is 15.0. The van der Waals surface area contributed by atoms with Crippen molar-refractivity contribution in [1.29, 1.82) is 0 Å². The number of amides is 1. The standard InChI is InChI=1S/C16H17N5O2/c1-11-12(2)23-15(18-11)10-21-9-14(19-20-21)8-17-16(22)13-6-4-3-5-7-13/h3-7,9H,8,10H2,1-2H3,(H,17,22). The van der Waals surface area contributed by atoms with E-state index in [4.69, 9.17) is 4.42 Å². The van der Waals surface area contributed by atoms with Crippen LogP contribution < -0.4 is 5.32 Å². The lowest BCUT2D eigenvalue weighted by molar-refractivity contribution is 0.0950. The molecule has 0 aliphatic carbocycles. The Labute approximate surface area is 133 Å². The molecule has 0 saturated heterocycles. The van der Waals surface area contributed by atoms with Crippen molar-refractivity contribution >= 4 is 5.91 Å². The van der Waals surface area contributed by atoms with Crippen LogP contribution in [0.3, 0.4) is 0 Å². The molecule has 118 valence electrons. The summed E-state index contributed by atoms with van der Waals surface area (Å²) in [4.78, 5) is 16.3. The van der Waals surface area contributed by atoms with Gasteiger partial charge in [-0.25, -0.2) is 9.67 Å². The van der Waals surface area contributed by atoms with Gasteiger partial charge in [0, 0.05) is 5.56 Å². The number of carbonyl (C=O) groups is 1. The van der Waals surface area contributed by atoms with E-state index in [2.05, 4.69) is 20.6 Å². The highest BCUT2D eigenvalue weighted by Gasteiger charge is 2.09. The van der Waals surface area contributed by atoms with Gasteiger partial charge in [-0.1, -0.05) is 23.4 Å². The molecule has 0 atom stereocenters. The fourth-order valence-electron chi connectivity index (χ4n) is 2.10. The summed E-state index contributed by atoms with van der Waals surface area (Å²) in [6.45, 7) is 4.50. The predicted molar refractivity (Wildman–Crippen MR) is 82.7 cm³/mol. The van der Waals surface area contributed by atoms with Gasteiger partial charge >= 0.3 is 0 Å². The second-order valence-electron chi connectivity index (χ2n) is 5.21. The van der Waals surface area contributed by atoms with E-state index < -0.39 is 0 Å². The maximum atomic E-state index is 12.0. The molecule has 7 heteroatoms. The Morgan fingerprint density at radius 2 is 2.04 bits per heavy atom. The molecule has 0 spiro atoms. The van der Waals surface area contributed by atoms with Gasteiger partial charge in [0.2, 0.25) is 5.89 Å². The Morgan fingerprint density at radius 3 is 2.74 bits per heavy atom. The van der Waals surface area contributed by atoms with Crippen LogP contribution >= 0.6 is 0 Å². The van der Waals surface area contributed by atoms with Crippen molar-refractivity contribution in [3.8, 4) is 0 Å². The van der Waals surface area contributed by atoms with Gasteiger partial charge in [0.1, 0.15) is 18.0 Å². The molecule has 1 aromatic carbocycles. The van der Waals surface area contributed by atoms with Crippen molar-refractivity contribution in [3.63, 3.8) is 0 Å². The van der Waals surface area contributed by atoms with Crippen LogP contribution in [0, 0.1) is 13.8 Å². The Morgan fingerprint density at radius 1 is 1.26 bits per heavy atom. The smallest absolute Gasteiger partial charge is 0.251 e. The molecule has 1 amide bonds. The monoisotopic (exact) mass is 311 g/mol. The molecule has 2 aromatic heterocycles. The van der Waals surface area contributed by atoms with E-state index in [1.54, 1.807) is 23.0 Å². The van der Waals surface area contributed by atoms with E-state index in [0.29, 0.717) is 30.2 Å². The van der Waals surface area contributed by atoms with Gasteiger partial charge in [0.05, 0.1) is 18.4 Å². The quantitative estimate of drug-likeness (QED) is 0.777. The summed E-state index contributed by atoms with van der Waals surface area (Å²) in [5.41, 5.74) is 2.16. The van der Waals surface area contributed by atoms with Crippen LogP contribution in [0.25, 0.3) is 0 Å². The van der Waals surface area contributed by atoms with Gasteiger partial charge in [-0.05, 0) is 26.0 Å². The molecular formula is C16H17N5O2. The molecule has 23 heavy (non-hydrogen) atoms. The molecule has 0 radical (unpaired) electrons. The zero-order valence-electron chi connectivity index (χ0n) is 13.0. The number of rotatable bonds is 5. The minimum absolute atomic E-state index is 0.140. The lowest BCUT2D eigenvalue weighted by atomic mass is 10.2. The molecule has 1 N–H and O–H groups in total. The number of nitrogens with zero attached hydrogens (tertiary/aromatic N) is 4. The molecule has 0 unspecified atom stereocenters. The van der Waals surface area contributed by atoms with Gasteiger partial charge in [-0.2, -0.15) is 0 Å². The second kappa shape index (κ2) is 6.43. The molecule has 3 aromatic rings. The highest BCUT2D eigenvalue weighted by molar-refractivity contribution is 5.93. The third-order valence-corrected chi connectivity index (χ3v) is 3.42. The molecule has 0 fully saturated rings. The fourth-order valence-corrected chi connectivity index (χ4v) is 2.10. The third-order valence-electron chi connectivity index (χ3n) is 3.42. The molecule has 3 rings (SSSR count). The average Bonchev–Trinajstić information content (AvgIpc) is 3.13. The SMILES string of the molecule is Cc1nc(Cn2cc(CNC(=O)c3ccccc3)nn2)oc1C. The van der Waals surface area contributed by atoms with Gasteiger partial charge in [0.25, 0.3) is 5.91 Å². The van der Waals surface area contributed by atoms with E-state index in [0.717, 1.165) is 11.5 Å². The van der Waals surface area contributed by atoms with Crippen LogP contribution in [0.4, 0.5) is 0 Å². The zero-order valence-corrected chi connectivity index (χ0v) is 13.0. The Bertz CT molecular complexity index is 788. The number of benzene rings is 1. The first-order valence-corrected chi connectivity index (χ1v) is 7.27. The number of hydrogen-bond acceptors (Lipinski definition) is 5. The van der Waals surface area contributed by atoms with Crippen molar-refractivity contribution in [2.75, 3.05) is 0 Å². The summed E-state index contributed by atoms with van der Waals surface area (Å²) in [5.74, 6) is 1.25. The first-order chi connectivity index (χ1) is 11.1. The maximum Gasteiger partial charge on any atom is 0.251 e. The summed E-state index contributed by atoms with van der Waals surface area (Å²) < 4.78 is 7.15. The van der Waals surface area contributed by atoms with Gasteiger partial charge < -0.3 is 9.73 Å². The highest BCUT2D eigenvalue weighted by atomic mass is 16.4. The Balaban J connectivity index is 1.58. The van der Waals surface area contributed by atoms with Crippen molar-refractivity contribution < 1.29 is 9.21 Å². The van der Waals surface area contributed by atoms with E-state index in [1.807, 2.05) is 32.0 Å². The Hall–Kier alpha value is -2.96. The lowest BCUT2D eigenvalue weighted by Crippen LogP contribution is -2.22. The second-order valence-corrected chi connectivity index (χ2v) is 5.21. The average molecular weight is 311 g/mol. The summed E-state index contributed by atoms with van der Waals surface area (Å²) in [5, 5.41) is 10.9.